The van der Waals surface area contributed by atoms with E-state index < -0.39 is 0 Å². The molecule has 3 N–H and O–H groups in total. The summed E-state index contributed by atoms with van der Waals surface area (Å²) >= 11 is 0. The number of aromatic nitrogens is 1. The molecule has 1 heterocycles. The second kappa shape index (κ2) is 5.33. The molecule has 2 aromatic rings. The van der Waals surface area contributed by atoms with Gasteiger partial charge in [0.2, 0.25) is 5.91 Å². The van der Waals surface area contributed by atoms with Gasteiger partial charge in [-0.3, -0.25) is 4.79 Å². The van der Waals surface area contributed by atoms with Gasteiger partial charge in [-0.15, -0.1) is 0 Å². The fraction of sp³-hybridized carbons (Fsp3) is 0.375. The Morgan fingerprint density at radius 2 is 2.10 bits per heavy atom. The molecule has 0 atom stereocenters. The van der Waals surface area contributed by atoms with Crippen LogP contribution in [0.5, 0.6) is 0 Å². The second-order valence-electron chi connectivity index (χ2n) is 5.77. The smallest absolute Gasteiger partial charge is 0.226 e. The van der Waals surface area contributed by atoms with Crippen LogP contribution in [0.3, 0.4) is 0 Å². The number of nitrogens with zero attached hydrogens (tertiary/aromatic N) is 1. The van der Waals surface area contributed by atoms with Crippen molar-refractivity contribution in [2.45, 2.75) is 38.1 Å². The van der Waals surface area contributed by atoms with Crippen molar-refractivity contribution >= 4 is 11.6 Å². The fourth-order valence-corrected chi connectivity index (χ4v) is 2.55. The molecule has 0 unspecified atom stereocenters. The van der Waals surface area contributed by atoms with Crippen molar-refractivity contribution in [2.24, 2.45) is 5.73 Å². The van der Waals surface area contributed by atoms with Crippen LogP contribution in [0.2, 0.25) is 0 Å². The maximum Gasteiger partial charge on any atom is 0.226 e. The number of oxazole rings is 1. The Labute approximate surface area is 123 Å². The molecule has 110 valence electrons. The molecule has 1 amide bonds. The normalized spacial score (nSPS) is 16.3. The minimum Gasteiger partial charge on any atom is -0.449 e. The lowest BCUT2D eigenvalue weighted by Crippen LogP contribution is -2.48. The Balaban J connectivity index is 1.63. The summed E-state index contributed by atoms with van der Waals surface area (Å²) in [5.41, 5.74) is 8.31. The third kappa shape index (κ3) is 3.13. The molecule has 5 nitrogen and oxygen atoms in total. The van der Waals surface area contributed by atoms with Gasteiger partial charge in [0.15, 0.2) is 5.89 Å². The van der Waals surface area contributed by atoms with Crippen molar-refractivity contribution in [3.05, 3.63) is 36.4 Å². The maximum absolute atomic E-state index is 12.0. The predicted octanol–water partition coefficient (Wildman–Crippen LogP) is 2.86. The van der Waals surface area contributed by atoms with E-state index in [2.05, 4.69) is 10.3 Å². The molecule has 0 spiro atoms. The van der Waals surface area contributed by atoms with Gasteiger partial charge in [-0.1, -0.05) is 12.1 Å². The van der Waals surface area contributed by atoms with E-state index in [4.69, 9.17) is 10.2 Å². The lowest BCUT2D eigenvalue weighted by Gasteiger charge is -2.37. The molecule has 1 saturated carbocycles. The van der Waals surface area contributed by atoms with Gasteiger partial charge < -0.3 is 15.5 Å². The van der Waals surface area contributed by atoms with Crippen LogP contribution in [0.25, 0.3) is 11.3 Å². The van der Waals surface area contributed by atoms with Crippen LogP contribution in [0.4, 0.5) is 5.69 Å². The molecule has 21 heavy (non-hydrogen) atoms. The number of benzene rings is 1. The van der Waals surface area contributed by atoms with Gasteiger partial charge in [-0.25, -0.2) is 4.98 Å². The van der Waals surface area contributed by atoms with E-state index in [1.807, 2.05) is 24.3 Å². The number of nitrogens with one attached hydrogen (secondary N) is 1. The monoisotopic (exact) mass is 285 g/mol. The number of aryl methyl sites for hydroxylation is 1. The van der Waals surface area contributed by atoms with Crippen LogP contribution in [-0.2, 0) is 4.79 Å². The number of carbonyl (C=O) groups excluding carboxylic acids is 1. The van der Waals surface area contributed by atoms with E-state index in [-0.39, 0.29) is 11.4 Å². The Morgan fingerprint density at radius 3 is 2.62 bits per heavy atom. The van der Waals surface area contributed by atoms with E-state index in [0.717, 1.165) is 36.2 Å². The summed E-state index contributed by atoms with van der Waals surface area (Å²) in [6, 6.07) is 7.55. The first-order chi connectivity index (χ1) is 10.0. The van der Waals surface area contributed by atoms with Gasteiger partial charge in [0.05, 0.1) is 0 Å². The van der Waals surface area contributed by atoms with Crippen LogP contribution in [-0.4, -0.2) is 16.4 Å². The SMILES string of the molecule is Cc1nc(-c2ccc(NC(=O)CC3(N)CCC3)cc2)co1. The highest BCUT2D eigenvalue weighted by atomic mass is 16.3. The molecule has 1 aromatic heterocycles. The first-order valence-corrected chi connectivity index (χ1v) is 7.15. The molecule has 3 rings (SSSR count). The molecule has 0 bridgehead atoms. The van der Waals surface area contributed by atoms with Crippen LogP contribution < -0.4 is 11.1 Å². The third-order valence-electron chi connectivity index (χ3n) is 3.95. The molecule has 1 aromatic carbocycles. The summed E-state index contributed by atoms with van der Waals surface area (Å²) in [5.74, 6) is 0.610. The van der Waals surface area contributed by atoms with E-state index in [9.17, 15) is 4.79 Å². The van der Waals surface area contributed by atoms with Gasteiger partial charge in [0.1, 0.15) is 12.0 Å². The molecule has 0 radical (unpaired) electrons. The van der Waals surface area contributed by atoms with E-state index in [0.29, 0.717) is 12.3 Å². The molecule has 1 fully saturated rings. The van der Waals surface area contributed by atoms with Crippen LogP contribution in [0.1, 0.15) is 31.6 Å². The number of rotatable bonds is 4. The van der Waals surface area contributed by atoms with Crippen molar-refractivity contribution in [1.82, 2.24) is 4.98 Å². The van der Waals surface area contributed by atoms with Crippen molar-refractivity contribution in [3.63, 3.8) is 0 Å². The average Bonchev–Trinajstić information content (AvgIpc) is 2.84. The van der Waals surface area contributed by atoms with Crippen molar-refractivity contribution < 1.29 is 9.21 Å². The standard InChI is InChI=1S/C16H19N3O2/c1-11-18-14(10-21-11)12-3-5-13(6-4-12)19-15(20)9-16(17)7-2-8-16/h3-6,10H,2,7-9,17H2,1H3,(H,19,20). The third-order valence-corrected chi connectivity index (χ3v) is 3.95. The molecule has 0 aliphatic heterocycles. The maximum atomic E-state index is 12.0. The van der Waals surface area contributed by atoms with E-state index in [1.165, 1.54) is 0 Å². The zero-order valence-corrected chi connectivity index (χ0v) is 12.1. The van der Waals surface area contributed by atoms with Crippen molar-refractivity contribution in [1.29, 1.82) is 0 Å². The highest BCUT2D eigenvalue weighted by Gasteiger charge is 2.34. The average molecular weight is 285 g/mol. The van der Waals surface area contributed by atoms with Crippen molar-refractivity contribution in [3.8, 4) is 11.3 Å². The number of amides is 1. The van der Waals surface area contributed by atoms with Crippen LogP contribution >= 0.6 is 0 Å². The number of carbonyl (C=O) groups is 1. The molecule has 1 aliphatic rings. The summed E-state index contributed by atoms with van der Waals surface area (Å²) in [7, 11) is 0. The number of hydrogen-bond acceptors (Lipinski definition) is 4. The molecule has 1 aliphatic carbocycles. The van der Waals surface area contributed by atoms with Crippen molar-refractivity contribution in [2.75, 3.05) is 5.32 Å². The number of nitrogens with two attached hydrogens (primary N) is 1. The highest BCUT2D eigenvalue weighted by molar-refractivity contribution is 5.91. The molecule has 5 heteroatoms. The Bertz CT molecular complexity index is 642. The largest absolute Gasteiger partial charge is 0.449 e. The second-order valence-corrected chi connectivity index (χ2v) is 5.77. The lowest BCUT2D eigenvalue weighted by molar-refractivity contribution is -0.118. The summed E-state index contributed by atoms with van der Waals surface area (Å²) in [6.45, 7) is 1.81. The first kappa shape index (κ1) is 13.8. The Morgan fingerprint density at radius 1 is 1.38 bits per heavy atom. The predicted molar refractivity (Wildman–Crippen MR) is 80.7 cm³/mol. The number of anilines is 1. The zero-order valence-electron chi connectivity index (χ0n) is 12.1. The summed E-state index contributed by atoms with van der Waals surface area (Å²) in [4.78, 5) is 16.2. The lowest BCUT2D eigenvalue weighted by atomic mass is 9.75. The van der Waals surface area contributed by atoms with Gasteiger partial charge in [-0.05, 0) is 31.4 Å². The van der Waals surface area contributed by atoms with Gasteiger partial charge >= 0.3 is 0 Å². The van der Waals surface area contributed by atoms with Gasteiger partial charge in [0, 0.05) is 30.1 Å². The molecule has 0 saturated heterocycles. The summed E-state index contributed by atoms with van der Waals surface area (Å²) in [5, 5.41) is 2.89. The fourth-order valence-electron chi connectivity index (χ4n) is 2.55. The van der Waals surface area contributed by atoms with Crippen LogP contribution in [0, 0.1) is 6.92 Å². The van der Waals surface area contributed by atoms with Crippen LogP contribution in [0.15, 0.2) is 34.9 Å². The molecular weight excluding hydrogens is 266 g/mol. The van der Waals surface area contributed by atoms with E-state index in [1.54, 1.807) is 13.2 Å². The Hall–Kier alpha value is -2.14. The van der Waals surface area contributed by atoms with Gasteiger partial charge in [0.25, 0.3) is 0 Å². The first-order valence-electron chi connectivity index (χ1n) is 7.15. The molecular formula is C16H19N3O2. The minimum atomic E-state index is -0.289. The highest BCUT2D eigenvalue weighted by Crippen LogP contribution is 2.32. The number of hydrogen-bond donors (Lipinski definition) is 2. The Kier molecular flexibility index (Phi) is 3.51. The quantitative estimate of drug-likeness (QED) is 0.905. The zero-order chi connectivity index (χ0) is 14.9. The minimum absolute atomic E-state index is 0.0257. The topological polar surface area (TPSA) is 81.2 Å². The van der Waals surface area contributed by atoms with E-state index >= 15 is 0 Å². The summed E-state index contributed by atoms with van der Waals surface area (Å²) in [6.07, 6.45) is 5.00. The summed E-state index contributed by atoms with van der Waals surface area (Å²) < 4.78 is 5.19. The van der Waals surface area contributed by atoms with Gasteiger partial charge in [-0.2, -0.15) is 0 Å².